The van der Waals surface area contributed by atoms with Crippen LogP contribution in [0, 0.1) is 11.8 Å². The second-order valence-electron chi connectivity index (χ2n) is 5.66. The monoisotopic (exact) mass is 226 g/mol. The maximum absolute atomic E-state index is 11.4. The predicted octanol–water partition coefficient (Wildman–Crippen LogP) is 1.06. The highest BCUT2D eigenvalue weighted by molar-refractivity contribution is 5.82. The lowest BCUT2D eigenvalue weighted by Crippen LogP contribution is -2.42. The Morgan fingerprint density at radius 3 is 2.31 bits per heavy atom. The topological polar surface area (TPSA) is 58.2 Å². The van der Waals surface area contributed by atoms with Crippen LogP contribution in [0.15, 0.2) is 0 Å². The summed E-state index contributed by atoms with van der Waals surface area (Å²) in [6.45, 7) is 8.32. The Morgan fingerprint density at radius 1 is 1.31 bits per heavy atom. The van der Waals surface area contributed by atoms with E-state index >= 15 is 0 Å². The highest BCUT2D eigenvalue weighted by Gasteiger charge is 2.38. The van der Waals surface area contributed by atoms with Crippen molar-refractivity contribution in [2.75, 3.05) is 6.54 Å². The zero-order valence-corrected chi connectivity index (χ0v) is 10.6. The van der Waals surface area contributed by atoms with Gasteiger partial charge in [-0.25, -0.2) is 0 Å². The maximum Gasteiger partial charge on any atom is 0.223 e. The van der Waals surface area contributed by atoms with Crippen molar-refractivity contribution < 1.29 is 9.59 Å². The van der Waals surface area contributed by atoms with Gasteiger partial charge < -0.3 is 10.6 Å². The fourth-order valence-corrected chi connectivity index (χ4v) is 1.60. The van der Waals surface area contributed by atoms with Crippen molar-refractivity contribution >= 4 is 11.8 Å². The largest absolute Gasteiger partial charge is 0.355 e. The number of carbonyl (C=O) groups is 2. The summed E-state index contributed by atoms with van der Waals surface area (Å²) in [5, 5.41) is 5.65. The molecule has 2 N–H and O–H groups in total. The van der Waals surface area contributed by atoms with E-state index in [-0.39, 0.29) is 23.3 Å². The molecule has 1 aliphatic carbocycles. The van der Waals surface area contributed by atoms with Crippen LogP contribution in [0.2, 0.25) is 0 Å². The molecule has 0 aliphatic heterocycles. The van der Waals surface area contributed by atoms with Gasteiger partial charge in [0.1, 0.15) is 0 Å². The summed E-state index contributed by atoms with van der Waals surface area (Å²) in [7, 11) is 0. The molecule has 0 aromatic carbocycles. The molecule has 1 saturated carbocycles. The fourth-order valence-electron chi connectivity index (χ4n) is 1.60. The van der Waals surface area contributed by atoms with Gasteiger partial charge in [0.2, 0.25) is 11.8 Å². The number of amides is 2. The van der Waals surface area contributed by atoms with Gasteiger partial charge in [-0.15, -0.1) is 0 Å². The van der Waals surface area contributed by atoms with E-state index in [2.05, 4.69) is 17.6 Å². The van der Waals surface area contributed by atoms with E-state index in [1.54, 1.807) is 0 Å². The number of rotatable bonds is 4. The molecular formula is C12H22N2O2. The molecule has 0 unspecified atom stereocenters. The molecule has 1 rings (SSSR count). The zero-order chi connectivity index (χ0) is 12.3. The lowest BCUT2D eigenvalue weighted by Gasteiger charge is -2.20. The minimum absolute atomic E-state index is 0.0170. The van der Waals surface area contributed by atoms with Gasteiger partial charge in [0.15, 0.2) is 0 Å². The molecule has 4 nitrogen and oxygen atoms in total. The first-order chi connectivity index (χ1) is 7.29. The number of hydrogen-bond acceptors (Lipinski definition) is 2. The van der Waals surface area contributed by atoms with Crippen LogP contribution in [0.5, 0.6) is 0 Å². The van der Waals surface area contributed by atoms with Gasteiger partial charge in [0.25, 0.3) is 0 Å². The Morgan fingerprint density at radius 2 is 1.88 bits per heavy atom. The van der Waals surface area contributed by atoms with Crippen molar-refractivity contribution in [3.63, 3.8) is 0 Å². The van der Waals surface area contributed by atoms with E-state index in [9.17, 15) is 9.59 Å². The first-order valence-electron chi connectivity index (χ1n) is 5.88. The second-order valence-corrected chi connectivity index (χ2v) is 5.66. The third-order valence-corrected chi connectivity index (χ3v) is 2.61. The third-order valence-electron chi connectivity index (χ3n) is 2.61. The molecule has 16 heavy (non-hydrogen) atoms. The predicted molar refractivity (Wildman–Crippen MR) is 62.8 cm³/mol. The van der Waals surface area contributed by atoms with Crippen molar-refractivity contribution in [2.45, 2.75) is 46.1 Å². The molecule has 0 spiro atoms. The third kappa shape index (κ3) is 4.64. The van der Waals surface area contributed by atoms with Crippen LogP contribution in [0.4, 0.5) is 0 Å². The molecule has 1 fully saturated rings. The molecule has 1 aliphatic rings. The van der Waals surface area contributed by atoms with Crippen molar-refractivity contribution in [3.8, 4) is 0 Å². The summed E-state index contributed by atoms with van der Waals surface area (Å²) < 4.78 is 0. The molecule has 0 bridgehead atoms. The van der Waals surface area contributed by atoms with E-state index in [0.717, 1.165) is 6.42 Å². The summed E-state index contributed by atoms with van der Waals surface area (Å²) in [4.78, 5) is 22.9. The molecule has 92 valence electrons. The van der Waals surface area contributed by atoms with Crippen LogP contribution in [-0.2, 0) is 9.59 Å². The van der Waals surface area contributed by atoms with Gasteiger partial charge >= 0.3 is 0 Å². The van der Waals surface area contributed by atoms with Crippen LogP contribution in [0.25, 0.3) is 0 Å². The van der Waals surface area contributed by atoms with Crippen molar-refractivity contribution in [3.05, 3.63) is 0 Å². The lowest BCUT2D eigenvalue weighted by atomic mass is 10.1. The van der Waals surface area contributed by atoms with Crippen LogP contribution in [0.1, 0.15) is 40.5 Å². The Bertz CT molecular complexity index is 281. The van der Waals surface area contributed by atoms with Crippen molar-refractivity contribution in [2.24, 2.45) is 11.8 Å². The van der Waals surface area contributed by atoms with Crippen LogP contribution < -0.4 is 10.6 Å². The van der Waals surface area contributed by atoms with Crippen LogP contribution >= 0.6 is 0 Å². The molecule has 0 radical (unpaired) electrons. The number of hydrogen-bond donors (Lipinski definition) is 2. The summed E-state index contributed by atoms with van der Waals surface area (Å²) in [5.74, 6) is 0.779. The number of carbonyl (C=O) groups excluding carboxylic acids is 2. The lowest BCUT2D eigenvalue weighted by molar-refractivity contribution is -0.123. The Hall–Kier alpha value is -1.06. The highest BCUT2D eigenvalue weighted by atomic mass is 16.2. The normalized spacial score (nSPS) is 23.8. The first-order valence-corrected chi connectivity index (χ1v) is 5.88. The summed E-state index contributed by atoms with van der Waals surface area (Å²) >= 11 is 0. The second kappa shape index (κ2) is 4.85. The molecule has 0 heterocycles. The van der Waals surface area contributed by atoms with E-state index in [4.69, 9.17) is 0 Å². The minimum atomic E-state index is -0.202. The minimum Gasteiger partial charge on any atom is -0.355 e. The van der Waals surface area contributed by atoms with E-state index < -0.39 is 0 Å². The molecule has 2 atom stereocenters. The molecule has 0 aromatic heterocycles. The molecule has 0 saturated heterocycles. The standard InChI is InChI=1S/C12H22N2O2/c1-8-7-9(8)11(16)13-6-5-10(15)14-12(2,3)4/h8-9H,5-7H2,1-4H3,(H,13,16)(H,14,15)/t8-,9-/m1/s1. The van der Waals surface area contributed by atoms with Gasteiger partial charge in [-0.3, -0.25) is 9.59 Å². The first kappa shape index (κ1) is 13.0. The van der Waals surface area contributed by atoms with Crippen molar-refractivity contribution in [1.29, 1.82) is 0 Å². The maximum atomic E-state index is 11.4. The molecule has 0 aromatic rings. The summed E-state index contributed by atoms with van der Waals surface area (Å²) in [5.41, 5.74) is -0.202. The molecule has 2 amide bonds. The highest BCUT2D eigenvalue weighted by Crippen LogP contribution is 2.37. The average Bonchev–Trinajstić information content (AvgIpc) is 2.79. The van der Waals surface area contributed by atoms with Gasteiger partial charge in [0.05, 0.1) is 0 Å². The van der Waals surface area contributed by atoms with Crippen molar-refractivity contribution in [1.82, 2.24) is 10.6 Å². The van der Waals surface area contributed by atoms with E-state index in [0.29, 0.717) is 18.9 Å². The fraction of sp³-hybridized carbons (Fsp3) is 0.833. The zero-order valence-electron chi connectivity index (χ0n) is 10.6. The Labute approximate surface area is 97.2 Å². The van der Waals surface area contributed by atoms with Gasteiger partial charge in [-0.05, 0) is 33.1 Å². The van der Waals surface area contributed by atoms with Crippen LogP contribution in [0.3, 0.4) is 0 Å². The van der Waals surface area contributed by atoms with Gasteiger partial charge in [0, 0.05) is 24.4 Å². The summed E-state index contributed by atoms with van der Waals surface area (Å²) in [6, 6.07) is 0. The SMILES string of the molecule is C[C@@H]1C[C@H]1C(=O)NCCC(=O)NC(C)(C)C. The molecular weight excluding hydrogens is 204 g/mol. The van der Waals surface area contributed by atoms with Gasteiger partial charge in [-0.1, -0.05) is 6.92 Å². The average molecular weight is 226 g/mol. The van der Waals surface area contributed by atoms with E-state index in [1.807, 2.05) is 20.8 Å². The molecule has 4 heteroatoms. The van der Waals surface area contributed by atoms with E-state index in [1.165, 1.54) is 0 Å². The quantitative estimate of drug-likeness (QED) is 0.753. The van der Waals surface area contributed by atoms with Crippen LogP contribution in [-0.4, -0.2) is 23.9 Å². The van der Waals surface area contributed by atoms with Gasteiger partial charge in [-0.2, -0.15) is 0 Å². The smallest absolute Gasteiger partial charge is 0.223 e. The Balaban J connectivity index is 2.11. The number of nitrogens with one attached hydrogen (secondary N) is 2. The Kier molecular flexibility index (Phi) is 3.94. The summed E-state index contributed by atoms with van der Waals surface area (Å²) in [6.07, 6.45) is 1.34.